The fraction of sp³-hybridized carbons (Fsp3) is 1.00. The van der Waals surface area contributed by atoms with Crippen LogP contribution in [0.25, 0.3) is 0 Å². The molecule has 90 valence electrons. The third-order valence-corrected chi connectivity index (χ3v) is 4.22. The van der Waals surface area contributed by atoms with E-state index in [0.29, 0.717) is 6.04 Å². The fourth-order valence-electron chi connectivity index (χ4n) is 2.33. The highest BCUT2D eigenvalue weighted by molar-refractivity contribution is 4.89. The van der Waals surface area contributed by atoms with Crippen LogP contribution in [0.15, 0.2) is 0 Å². The van der Waals surface area contributed by atoms with Crippen molar-refractivity contribution >= 4 is 0 Å². The molecule has 15 heavy (non-hydrogen) atoms. The lowest BCUT2D eigenvalue weighted by Gasteiger charge is -2.39. The van der Waals surface area contributed by atoms with E-state index in [0.717, 1.165) is 11.8 Å². The average Bonchev–Trinajstić information content (AvgIpc) is 2.10. The summed E-state index contributed by atoms with van der Waals surface area (Å²) in [5, 5.41) is 13.3. The van der Waals surface area contributed by atoms with Crippen molar-refractivity contribution in [3.05, 3.63) is 0 Å². The molecule has 0 heterocycles. The number of aliphatic hydroxyl groups excluding tert-OH is 1. The Morgan fingerprint density at radius 2 is 1.80 bits per heavy atom. The van der Waals surface area contributed by atoms with Crippen LogP contribution in [0.5, 0.6) is 0 Å². The molecule has 1 aliphatic carbocycles. The van der Waals surface area contributed by atoms with Crippen LogP contribution in [0.2, 0.25) is 0 Å². The molecule has 0 amide bonds. The van der Waals surface area contributed by atoms with Crippen LogP contribution in [0.1, 0.15) is 53.9 Å². The lowest BCUT2D eigenvalue weighted by molar-refractivity contribution is 0.0755. The standard InChI is InChI=1S/C13H27NO/c1-9-6-7-12(8-10(9)2)14-13(4,5)11(3)15/h9-12,14-15H,6-8H2,1-5H3. The van der Waals surface area contributed by atoms with E-state index in [4.69, 9.17) is 0 Å². The van der Waals surface area contributed by atoms with Gasteiger partial charge in [0.15, 0.2) is 0 Å². The normalized spacial score (nSPS) is 35.2. The molecular formula is C13H27NO. The molecule has 1 saturated carbocycles. The van der Waals surface area contributed by atoms with Crippen molar-refractivity contribution in [1.82, 2.24) is 5.32 Å². The van der Waals surface area contributed by atoms with Gasteiger partial charge in [0.05, 0.1) is 6.10 Å². The van der Waals surface area contributed by atoms with Crippen molar-refractivity contribution in [3.8, 4) is 0 Å². The maximum Gasteiger partial charge on any atom is 0.0688 e. The zero-order valence-electron chi connectivity index (χ0n) is 10.9. The van der Waals surface area contributed by atoms with E-state index in [-0.39, 0.29) is 11.6 Å². The fourth-order valence-corrected chi connectivity index (χ4v) is 2.33. The molecule has 1 fully saturated rings. The second-order valence-corrected chi connectivity index (χ2v) is 6.01. The Morgan fingerprint density at radius 1 is 1.20 bits per heavy atom. The maximum absolute atomic E-state index is 9.67. The predicted molar refractivity (Wildman–Crippen MR) is 64.9 cm³/mol. The third-order valence-electron chi connectivity index (χ3n) is 4.22. The van der Waals surface area contributed by atoms with Crippen molar-refractivity contribution in [1.29, 1.82) is 0 Å². The SMILES string of the molecule is CC1CCC(NC(C)(C)C(C)O)CC1C. The minimum absolute atomic E-state index is 0.162. The zero-order valence-corrected chi connectivity index (χ0v) is 10.9. The van der Waals surface area contributed by atoms with Crippen LogP contribution in [0, 0.1) is 11.8 Å². The van der Waals surface area contributed by atoms with Crippen LogP contribution >= 0.6 is 0 Å². The number of hydrogen-bond donors (Lipinski definition) is 2. The highest BCUT2D eigenvalue weighted by atomic mass is 16.3. The van der Waals surface area contributed by atoms with E-state index >= 15 is 0 Å². The summed E-state index contributed by atoms with van der Waals surface area (Å²) in [6, 6.07) is 0.584. The van der Waals surface area contributed by atoms with Gasteiger partial charge < -0.3 is 10.4 Å². The van der Waals surface area contributed by atoms with Crippen LogP contribution in [-0.4, -0.2) is 22.8 Å². The van der Waals surface area contributed by atoms with Crippen LogP contribution in [0.4, 0.5) is 0 Å². The molecule has 0 radical (unpaired) electrons. The van der Waals surface area contributed by atoms with Crippen molar-refractivity contribution in [2.24, 2.45) is 11.8 Å². The first-order valence-electron chi connectivity index (χ1n) is 6.28. The predicted octanol–water partition coefficient (Wildman–Crippen LogP) is 2.56. The van der Waals surface area contributed by atoms with Crippen molar-refractivity contribution in [3.63, 3.8) is 0 Å². The molecule has 0 saturated heterocycles. The molecule has 4 atom stereocenters. The van der Waals surface area contributed by atoms with Gasteiger partial charge >= 0.3 is 0 Å². The molecule has 0 aliphatic heterocycles. The highest BCUT2D eigenvalue weighted by Crippen LogP contribution is 2.30. The Kier molecular flexibility index (Phi) is 4.19. The molecule has 1 rings (SSSR count). The lowest BCUT2D eigenvalue weighted by Crippen LogP contribution is -2.54. The Labute approximate surface area is 94.5 Å². The summed E-state index contributed by atoms with van der Waals surface area (Å²) in [7, 11) is 0. The highest BCUT2D eigenvalue weighted by Gasteiger charge is 2.31. The molecule has 2 N–H and O–H groups in total. The minimum Gasteiger partial charge on any atom is -0.392 e. The van der Waals surface area contributed by atoms with Gasteiger partial charge in [-0.05, 0) is 51.9 Å². The van der Waals surface area contributed by atoms with E-state index in [1.54, 1.807) is 0 Å². The van der Waals surface area contributed by atoms with Gasteiger partial charge in [0.25, 0.3) is 0 Å². The molecule has 0 bridgehead atoms. The first-order valence-corrected chi connectivity index (χ1v) is 6.28. The Morgan fingerprint density at radius 3 is 2.27 bits per heavy atom. The Hall–Kier alpha value is -0.0800. The molecule has 4 unspecified atom stereocenters. The van der Waals surface area contributed by atoms with Crippen molar-refractivity contribution in [2.75, 3.05) is 0 Å². The summed E-state index contributed by atoms with van der Waals surface area (Å²) < 4.78 is 0. The smallest absolute Gasteiger partial charge is 0.0688 e. The molecule has 2 heteroatoms. The molecule has 0 aromatic heterocycles. The van der Waals surface area contributed by atoms with E-state index in [1.807, 2.05) is 6.92 Å². The summed E-state index contributed by atoms with van der Waals surface area (Å²) in [5.74, 6) is 1.67. The molecule has 0 aromatic carbocycles. The average molecular weight is 213 g/mol. The second kappa shape index (κ2) is 4.84. The zero-order chi connectivity index (χ0) is 11.6. The van der Waals surface area contributed by atoms with E-state index in [1.165, 1.54) is 19.3 Å². The summed E-state index contributed by atoms with van der Waals surface area (Å²) in [4.78, 5) is 0. The molecule has 0 spiro atoms. The summed E-state index contributed by atoms with van der Waals surface area (Å²) in [5.41, 5.74) is -0.162. The summed E-state index contributed by atoms with van der Waals surface area (Å²) in [6.45, 7) is 10.7. The summed E-state index contributed by atoms with van der Waals surface area (Å²) >= 11 is 0. The van der Waals surface area contributed by atoms with Crippen molar-refractivity contribution < 1.29 is 5.11 Å². The molecular weight excluding hydrogens is 186 g/mol. The van der Waals surface area contributed by atoms with Crippen molar-refractivity contribution in [2.45, 2.75) is 71.6 Å². The van der Waals surface area contributed by atoms with Gasteiger partial charge in [-0.2, -0.15) is 0 Å². The van der Waals surface area contributed by atoms with Crippen LogP contribution in [-0.2, 0) is 0 Å². The third kappa shape index (κ3) is 3.46. The van der Waals surface area contributed by atoms with E-state index in [9.17, 15) is 5.11 Å². The lowest BCUT2D eigenvalue weighted by atomic mass is 9.78. The Balaban J connectivity index is 2.46. The number of rotatable bonds is 3. The quantitative estimate of drug-likeness (QED) is 0.755. The monoisotopic (exact) mass is 213 g/mol. The number of nitrogens with one attached hydrogen (secondary N) is 1. The minimum atomic E-state index is -0.299. The van der Waals surface area contributed by atoms with Gasteiger partial charge in [0.2, 0.25) is 0 Å². The largest absolute Gasteiger partial charge is 0.392 e. The number of hydrogen-bond acceptors (Lipinski definition) is 2. The van der Waals surface area contributed by atoms with E-state index < -0.39 is 0 Å². The van der Waals surface area contributed by atoms with Gasteiger partial charge in [0.1, 0.15) is 0 Å². The van der Waals surface area contributed by atoms with Gasteiger partial charge in [0, 0.05) is 11.6 Å². The van der Waals surface area contributed by atoms with Gasteiger partial charge in [-0.3, -0.25) is 0 Å². The topological polar surface area (TPSA) is 32.3 Å². The molecule has 2 nitrogen and oxygen atoms in total. The van der Waals surface area contributed by atoms with Crippen LogP contribution in [0.3, 0.4) is 0 Å². The maximum atomic E-state index is 9.67. The second-order valence-electron chi connectivity index (χ2n) is 6.01. The van der Waals surface area contributed by atoms with Crippen LogP contribution < -0.4 is 5.32 Å². The summed E-state index contributed by atoms with van der Waals surface area (Å²) in [6.07, 6.45) is 3.51. The first kappa shape index (κ1) is 13.0. The first-order chi connectivity index (χ1) is 6.83. The van der Waals surface area contributed by atoms with E-state index in [2.05, 4.69) is 33.0 Å². The van der Waals surface area contributed by atoms with Gasteiger partial charge in [-0.1, -0.05) is 13.8 Å². The molecule has 1 aliphatic rings. The molecule has 0 aromatic rings. The number of aliphatic hydroxyl groups is 1. The van der Waals surface area contributed by atoms with Gasteiger partial charge in [-0.15, -0.1) is 0 Å². The Bertz CT molecular complexity index is 201. The van der Waals surface area contributed by atoms with Gasteiger partial charge in [-0.25, -0.2) is 0 Å².